The van der Waals surface area contributed by atoms with Gasteiger partial charge in [-0.3, -0.25) is 9.78 Å². The predicted octanol–water partition coefficient (Wildman–Crippen LogP) is 3.11. The highest BCUT2D eigenvalue weighted by Crippen LogP contribution is 2.25. The van der Waals surface area contributed by atoms with Crippen molar-refractivity contribution in [2.24, 2.45) is 0 Å². The third kappa shape index (κ3) is 3.88. The van der Waals surface area contributed by atoms with Gasteiger partial charge in [0.15, 0.2) is 0 Å². The van der Waals surface area contributed by atoms with Crippen LogP contribution >= 0.6 is 0 Å². The van der Waals surface area contributed by atoms with Crippen LogP contribution in [0.15, 0.2) is 41.4 Å². The molecule has 142 valence electrons. The first-order valence-electron chi connectivity index (χ1n) is 9.61. The molecule has 0 saturated heterocycles. The lowest BCUT2D eigenvalue weighted by atomic mass is 9.89. The van der Waals surface area contributed by atoms with E-state index in [4.69, 9.17) is 4.52 Å². The van der Waals surface area contributed by atoms with E-state index < -0.39 is 0 Å². The summed E-state index contributed by atoms with van der Waals surface area (Å²) < 4.78 is 4.89. The second-order valence-corrected chi connectivity index (χ2v) is 7.14. The van der Waals surface area contributed by atoms with E-state index >= 15 is 0 Å². The molecule has 3 aromatic rings. The molecular formula is C20H25N5O2. The molecule has 1 saturated carbocycles. The largest absolute Gasteiger partial charge is 0.364 e. The van der Waals surface area contributed by atoms with Gasteiger partial charge in [0.2, 0.25) is 0 Å². The van der Waals surface area contributed by atoms with Crippen molar-refractivity contribution in [2.45, 2.75) is 51.2 Å². The van der Waals surface area contributed by atoms with E-state index in [0.717, 1.165) is 48.8 Å². The smallest absolute Gasteiger partial charge is 0.270 e. The van der Waals surface area contributed by atoms with Crippen molar-refractivity contribution < 1.29 is 9.32 Å². The summed E-state index contributed by atoms with van der Waals surface area (Å²) >= 11 is 0. The van der Waals surface area contributed by atoms with E-state index in [1.165, 1.54) is 0 Å². The summed E-state index contributed by atoms with van der Waals surface area (Å²) in [6.45, 7) is 3.49. The average Bonchev–Trinajstić information content (AvgIpc) is 3.37. The van der Waals surface area contributed by atoms with Crippen molar-refractivity contribution in [1.82, 2.24) is 25.3 Å². The molecule has 0 aliphatic heterocycles. The zero-order valence-electron chi connectivity index (χ0n) is 15.5. The van der Waals surface area contributed by atoms with E-state index in [2.05, 4.69) is 20.4 Å². The molecular weight excluding hydrogens is 342 g/mol. The second-order valence-electron chi connectivity index (χ2n) is 7.14. The minimum Gasteiger partial charge on any atom is -0.364 e. The SMILES string of the molecule is CCN(C(=O)c1cc2ncccc2[nH]1)[C@H]1CCC[C@@H](NCc2cnoc2)C1. The van der Waals surface area contributed by atoms with Gasteiger partial charge in [-0.1, -0.05) is 5.16 Å². The lowest BCUT2D eigenvalue weighted by Gasteiger charge is -2.37. The summed E-state index contributed by atoms with van der Waals surface area (Å²) in [4.78, 5) is 22.7. The first-order valence-corrected chi connectivity index (χ1v) is 9.61. The van der Waals surface area contributed by atoms with Crippen molar-refractivity contribution in [1.29, 1.82) is 0 Å². The molecule has 1 aliphatic carbocycles. The molecule has 0 bridgehead atoms. The topological polar surface area (TPSA) is 87.0 Å². The van der Waals surface area contributed by atoms with Crippen LogP contribution in [0.5, 0.6) is 0 Å². The molecule has 0 aromatic carbocycles. The fourth-order valence-electron chi connectivity index (χ4n) is 4.00. The number of carbonyl (C=O) groups is 1. The summed E-state index contributed by atoms with van der Waals surface area (Å²) in [7, 11) is 0. The van der Waals surface area contributed by atoms with Crippen LogP contribution in [0.25, 0.3) is 11.0 Å². The van der Waals surface area contributed by atoms with Crippen LogP contribution in [-0.4, -0.2) is 44.6 Å². The Kier molecular flexibility index (Phi) is 5.20. The number of amides is 1. The maximum atomic E-state index is 13.1. The first-order chi connectivity index (χ1) is 13.2. The Morgan fingerprint density at radius 2 is 2.37 bits per heavy atom. The zero-order chi connectivity index (χ0) is 18.6. The number of hydrogen-bond acceptors (Lipinski definition) is 5. The van der Waals surface area contributed by atoms with Gasteiger partial charge in [-0.25, -0.2) is 0 Å². The van der Waals surface area contributed by atoms with Crippen LogP contribution in [0.2, 0.25) is 0 Å². The molecule has 0 unspecified atom stereocenters. The first kappa shape index (κ1) is 17.7. The van der Waals surface area contributed by atoms with Crippen molar-refractivity contribution in [2.75, 3.05) is 6.54 Å². The van der Waals surface area contributed by atoms with E-state index in [9.17, 15) is 4.79 Å². The summed E-state index contributed by atoms with van der Waals surface area (Å²) in [5.41, 5.74) is 3.39. The molecule has 1 aliphatic rings. The summed E-state index contributed by atoms with van der Waals surface area (Å²) in [6.07, 6.45) is 9.40. The number of nitrogens with one attached hydrogen (secondary N) is 2. The van der Waals surface area contributed by atoms with Gasteiger partial charge < -0.3 is 19.7 Å². The summed E-state index contributed by atoms with van der Waals surface area (Å²) in [5.74, 6) is 0.0557. The van der Waals surface area contributed by atoms with E-state index in [0.29, 0.717) is 18.3 Å². The second kappa shape index (κ2) is 7.92. The fourth-order valence-corrected chi connectivity index (χ4v) is 4.00. The molecule has 7 heteroatoms. The van der Waals surface area contributed by atoms with Crippen LogP contribution in [-0.2, 0) is 6.54 Å². The van der Waals surface area contributed by atoms with Crippen molar-refractivity contribution >= 4 is 16.9 Å². The highest BCUT2D eigenvalue weighted by Gasteiger charge is 2.30. The highest BCUT2D eigenvalue weighted by atomic mass is 16.5. The zero-order valence-corrected chi connectivity index (χ0v) is 15.5. The molecule has 0 radical (unpaired) electrons. The maximum absolute atomic E-state index is 13.1. The molecule has 4 rings (SSSR count). The molecule has 3 aromatic heterocycles. The quantitative estimate of drug-likeness (QED) is 0.699. The number of hydrogen-bond donors (Lipinski definition) is 2. The van der Waals surface area contributed by atoms with Gasteiger partial charge in [0.1, 0.15) is 12.0 Å². The maximum Gasteiger partial charge on any atom is 0.270 e. The Hall–Kier alpha value is -2.67. The van der Waals surface area contributed by atoms with E-state index in [1.54, 1.807) is 18.7 Å². The van der Waals surface area contributed by atoms with E-state index in [-0.39, 0.29) is 11.9 Å². The molecule has 0 spiro atoms. The number of aromatic nitrogens is 3. The number of nitrogens with zero attached hydrogens (tertiary/aromatic N) is 3. The van der Waals surface area contributed by atoms with Crippen molar-refractivity contribution in [3.05, 3.63) is 48.1 Å². The van der Waals surface area contributed by atoms with Crippen LogP contribution in [0.1, 0.15) is 48.7 Å². The van der Waals surface area contributed by atoms with E-state index in [1.807, 2.05) is 30.0 Å². The van der Waals surface area contributed by atoms with Crippen LogP contribution < -0.4 is 5.32 Å². The molecule has 3 heterocycles. The Balaban J connectivity index is 1.43. The number of fused-ring (bicyclic) bond motifs is 1. The Labute approximate surface area is 158 Å². The fraction of sp³-hybridized carbons (Fsp3) is 0.450. The molecule has 1 amide bonds. The standard InChI is InChI=1S/C20H25N5O2/c1-2-25(20(26)19-10-18-17(24-19)7-4-8-21-18)16-6-3-5-15(9-16)22-11-14-12-23-27-13-14/h4,7-8,10,12-13,15-16,22,24H,2-3,5-6,9,11H2,1H3/t15-,16+/m1/s1. The van der Waals surface area contributed by atoms with Gasteiger partial charge >= 0.3 is 0 Å². The average molecular weight is 367 g/mol. The van der Waals surface area contributed by atoms with Crippen molar-refractivity contribution in [3.8, 4) is 0 Å². The normalized spacial score (nSPS) is 20.0. The number of aromatic amines is 1. The molecule has 2 N–H and O–H groups in total. The number of rotatable bonds is 6. The van der Waals surface area contributed by atoms with Gasteiger partial charge in [0, 0.05) is 36.9 Å². The number of pyridine rings is 1. The van der Waals surface area contributed by atoms with Crippen LogP contribution in [0.3, 0.4) is 0 Å². The number of carbonyl (C=O) groups excluding carboxylic acids is 1. The lowest BCUT2D eigenvalue weighted by molar-refractivity contribution is 0.0623. The van der Waals surface area contributed by atoms with Crippen LogP contribution in [0, 0.1) is 0 Å². The monoisotopic (exact) mass is 367 g/mol. The van der Waals surface area contributed by atoms with Gasteiger partial charge in [0.25, 0.3) is 5.91 Å². The van der Waals surface area contributed by atoms with Crippen LogP contribution in [0.4, 0.5) is 0 Å². The highest BCUT2D eigenvalue weighted by molar-refractivity contribution is 5.97. The Bertz CT molecular complexity index is 856. The molecule has 2 atom stereocenters. The van der Waals surface area contributed by atoms with Gasteiger partial charge in [0.05, 0.1) is 17.2 Å². The third-order valence-corrected chi connectivity index (χ3v) is 5.39. The van der Waals surface area contributed by atoms with Gasteiger partial charge in [-0.2, -0.15) is 0 Å². The Morgan fingerprint density at radius 1 is 1.44 bits per heavy atom. The lowest BCUT2D eigenvalue weighted by Crippen LogP contribution is -2.46. The molecule has 27 heavy (non-hydrogen) atoms. The van der Waals surface area contributed by atoms with Gasteiger partial charge in [-0.05, 0) is 50.8 Å². The third-order valence-electron chi connectivity index (χ3n) is 5.39. The predicted molar refractivity (Wildman–Crippen MR) is 102 cm³/mol. The minimum atomic E-state index is 0.0557. The summed E-state index contributed by atoms with van der Waals surface area (Å²) in [5, 5.41) is 7.32. The molecule has 7 nitrogen and oxygen atoms in total. The number of H-pyrrole nitrogens is 1. The molecule has 1 fully saturated rings. The summed E-state index contributed by atoms with van der Waals surface area (Å²) in [6, 6.07) is 6.31. The Morgan fingerprint density at radius 3 is 3.15 bits per heavy atom. The van der Waals surface area contributed by atoms with Gasteiger partial charge in [-0.15, -0.1) is 0 Å². The minimum absolute atomic E-state index is 0.0557. The van der Waals surface area contributed by atoms with Crippen molar-refractivity contribution in [3.63, 3.8) is 0 Å².